The molecule has 0 aliphatic rings. The van der Waals surface area contributed by atoms with Gasteiger partial charge in [0.15, 0.2) is 0 Å². The smallest absolute Gasteiger partial charge is 0.231 e. The van der Waals surface area contributed by atoms with Crippen LogP contribution in [0.3, 0.4) is 0 Å². The van der Waals surface area contributed by atoms with Gasteiger partial charge < -0.3 is 10.6 Å². The molecule has 0 spiro atoms. The van der Waals surface area contributed by atoms with Crippen LogP contribution in [-0.2, 0) is 19.2 Å². The summed E-state index contributed by atoms with van der Waals surface area (Å²) in [7, 11) is 0. The van der Waals surface area contributed by atoms with Gasteiger partial charge in [0.25, 0.3) is 0 Å². The Morgan fingerprint density at radius 2 is 0.963 bits per heavy atom. The second-order valence-electron chi connectivity index (χ2n) is 6.11. The molecule has 2 aromatic rings. The molecule has 0 fully saturated rings. The van der Waals surface area contributed by atoms with Crippen molar-refractivity contribution in [1.82, 2.24) is 0 Å². The fourth-order valence-corrected chi connectivity index (χ4v) is 2.47. The van der Waals surface area contributed by atoms with E-state index in [1.807, 2.05) is 12.1 Å². The lowest BCUT2D eigenvalue weighted by atomic mass is 10.1. The van der Waals surface area contributed by atoms with E-state index < -0.39 is 0 Å². The van der Waals surface area contributed by atoms with Crippen molar-refractivity contribution in [2.75, 3.05) is 10.6 Å². The van der Waals surface area contributed by atoms with Gasteiger partial charge in [-0.1, -0.05) is 36.4 Å². The van der Waals surface area contributed by atoms with E-state index in [0.717, 1.165) is 0 Å². The van der Waals surface area contributed by atoms with Crippen molar-refractivity contribution < 1.29 is 19.2 Å². The lowest BCUT2D eigenvalue weighted by Crippen LogP contribution is -2.17. The number of para-hydroxylation sites is 2. The van der Waals surface area contributed by atoms with Gasteiger partial charge in [0, 0.05) is 24.2 Å². The second kappa shape index (κ2) is 10.7. The minimum atomic E-state index is -0.375. The van der Waals surface area contributed by atoms with Gasteiger partial charge >= 0.3 is 0 Å². The highest BCUT2D eigenvalue weighted by Gasteiger charge is 2.13. The number of nitrogens with one attached hydrogen (secondary N) is 2. The van der Waals surface area contributed by atoms with E-state index in [4.69, 9.17) is 0 Å². The molecule has 0 heterocycles. The predicted molar refractivity (Wildman–Crippen MR) is 103 cm³/mol. The number of carbonyl (C=O) groups excluding carboxylic acids is 4. The molecular weight excluding hydrogens is 344 g/mol. The first-order valence-electron chi connectivity index (χ1n) is 8.76. The Hall–Kier alpha value is -3.28. The molecule has 0 saturated heterocycles. The summed E-state index contributed by atoms with van der Waals surface area (Å²) in [4.78, 5) is 47.2. The molecule has 0 aliphatic heterocycles. The van der Waals surface area contributed by atoms with Crippen LogP contribution in [0.5, 0.6) is 0 Å². The SMILES string of the molecule is O=C(CCCC(=O)CC(=O)Nc1ccccc1)CC(=O)Nc1ccccc1. The van der Waals surface area contributed by atoms with Crippen LogP contribution < -0.4 is 10.6 Å². The summed E-state index contributed by atoms with van der Waals surface area (Å²) >= 11 is 0. The highest BCUT2D eigenvalue weighted by atomic mass is 16.2. The number of ketones is 2. The Morgan fingerprint density at radius 1 is 0.593 bits per heavy atom. The van der Waals surface area contributed by atoms with Crippen LogP contribution in [0.25, 0.3) is 0 Å². The van der Waals surface area contributed by atoms with Crippen molar-refractivity contribution in [2.24, 2.45) is 0 Å². The Balaban J connectivity index is 1.62. The van der Waals surface area contributed by atoms with Crippen LogP contribution in [0.15, 0.2) is 60.7 Å². The lowest BCUT2D eigenvalue weighted by molar-refractivity contribution is -0.125. The molecule has 2 aromatic carbocycles. The topological polar surface area (TPSA) is 92.3 Å². The molecule has 0 atom stereocenters. The Morgan fingerprint density at radius 3 is 1.33 bits per heavy atom. The van der Waals surface area contributed by atoms with Crippen LogP contribution >= 0.6 is 0 Å². The fraction of sp³-hybridized carbons (Fsp3) is 0.238. The van der Waals surface area contributed by atoms with Gasteiger partial charge in [-0.15, -0.1) is 0 Å². The third-order valence-electron chi connectivity index (χ3n) is 3.74. The molecule has 6 heteroatoms. The summed E-state index contributed by atoms with van der Waals surface area (Å²) in [6.45, 7) is 0. The van der Waals surface area contributed by atoms with Crippen molar-refractivity contribution in [3.63, 3.8) is 0 Å². The van der Waals surface area contributed by atoms with Gasteiger partial charge in [0.1, 0.15) is 11.6 Å². The molecule has 27 heavy (non-hydrogen) atoms. The average Bonchev–Trinajstić information content (AvgIpc) is 2.63. The molecule has 0 radical (unpaired) electrons. The Labute approximate surface area is 158 Å². The van der Waals surface area contributed by atoms with Gasteiger partial charge in [-0.05, 0) is 30.7 Å². The van der Waals surface area contributed by atoms with Gasteiger partial charge in [0.05, 0.1) is 12.8 Å². The molecule has 2 rings (SSSR count). The summed E-state index contributed by atoms with van der Waals surface area (Å²) in [5.74, 6) is -1.21. The van der Waals surface area contributed by atoms with Crippen LogP contribution in [0.2, 0.25) is 0 Å². The molecule has 0 aromatic heterocycles. The fourth-order valence-electron chi connectivity index (χ4n) is 2.47. The lowest BCUT2D eigenvalue weighted by Gasteiger charge is -2.05. The van der Waals surface area contributed by atoms with Crippen LogP contribution in [0.1, 0.15) is 32.1 Å². The maximum atomic E-state index is 11.8. The number of amides is 2. The number of Topliss-reactive ketones (excluding diaryl/α,β-unsaturated/α-hetero) is 2. The zero-order valence-corrected chi connectivity index (χ0v) is 14.9. The minimum absolute atomic E-state index is 0.133. The van der Waals surface area contributed by atoms with Gasteiger partial charge in [-0.3, -0.25) is 19.2 Å². The molecule has 6 nitrogen and oxygen atoms in total. The molecule has 2 amide bonds. The number of hydrogen-bond acceptors (Lipinski definition) is 4. The molecule has 0 unspecified atom stereocenters. The number of hydrogen-bond donors (Lipinski definition) is 2. The van der Waals surface area contributed by atoms with E-state index >= 15 is 0 Å². The van der Waals surface area contributed by atoms with E-state index in [1.165, 1.54) is 0 Å². The first kappa shape index (κ1) is 20.0. The molecule has 0 aliphatic carbocycles. The van der Waals surface area contributed by atoms with E-state index in [0.29, 0.717) is 17.8 Å². The van der Waals surface area contributed by atoms with E-state index in [2.05, 4.69) is 10.6 Å². The minimum Gasteiger partial charge on any atom is -0.326 e. The highest BCUT2D eigenvalue weighted by molar-refractivity contribution is 6.05. The number of rotatable bonds is 10. The van der Waals surface area contributed by atoms with Crippen LogP contribution in [0.4, 0.5) is 11.4 Å². The largest absolute Gasteiger partial charge is 0.326 e. The summed E-state index contributed by atoms with van der Waals surface area (Å²) < 4.78 is 0. The molecule has 0 saturated carbocycles. The van der Waals surface area contributed by atoms with Gasteiger partial charge in [-0.2, -0.15) is 0 Å². The normalized spacial score (nSPS) is 10.1. The predicted octanol–water partition coefficient (Wildman–Crippen LogP) is 3.35. The Kier molecular flexibility index (Phi) is 7.91. The summed E-state index contributed by atoms with van der Waals surface area (Å²) in [6.07, 6.45) is 0.145. The van der Waals surface area contributed by atoms with Crippen LogP contribution in [0, 0.1) is 0 Å². The quantitative estimate of drug-likeness (QED) is 0.631. The molecule has 0 bridgehead atoms. The molecule has 140 valence electrons. The van der Waals surface area contributed by atoms with Gasteiger partial charge in [-0.25, -0.2) is 0 Å². The summed E-state index contributed by atoms with van der Waals surface area (Å²) in [5, 5.41) is 5.28. The third kappa shape index (κ3) is 8.09. The van der Waals surface area contributed by atoms with Crippen LogP contribution in [-0.4, -0.2) is 23.4 Å². The van der Waals surface area contributed by atoms with Crippen molar-refractivity contribution in [3.8, 4) is 0 Å². The molecular formula is C21H22N2O4. The standard InChI is InChI=1S/C21H22N2O4/c24-18(14-20(26)22-16-8-3-1-4-9-16)12-7-13-19(25)15-21(27)23-17-10-5-2-6-11-17/h1-6,8-11H,7,12-15H2,(H,22,26)(H,23,27). The average molecular weight is 366 g/mol. The monoisotopic (exact) mass is 366 g/mol. The van der Waals surface area contributed by atoms with Crippen molar-refractivity contribution in [2.45, 2.75) is 32.1 Å². The number of anilines is 2. The maximum Gasteiger partial charge on any atom is 0.231 e. The number of carbonyl (C=O) groups is 4. The van der Waals surface area contributed by atoms with E-state index in [9.17, 15) is 19.2 Å². The highest BCUT2D eigenvalue weighted by Crippen LogP contribution is 2.09. The van der Waals surface area contributed by atoms with Crippen molar-refractivity contribution >= 4 is 34.8 Å². The molecule has 2 N–H and O–H groups in total. The second-order valence-corrected chi connectivity index (χ2v) is 6.11. The summed E-state index contributed by atoms with van der Waals surface area (Å²) in [5.41, 5.74) is 1.27. The van der Waals surface area contributed by atoms with Crippen molar-refractivity contribution in [3.05, 3.63) is 60.7 Å². The maximum absolute atomic E-state index is 11.8. The van der Waals surface area contributed by atoms with Crippen molar-refractivity contribution in [1.29, 1.82) is 0 Å². The van der Waals surface area contributed by atoms with E-state index in [-0.39, 0.29) is 49.1 Å². The first-order valence-corrected chi connectivity index (χ1v) is 8.76. The Bertz CT molecular complexity index is 721. The summed E-state index contributed by atoms with van der Waals surface area (Å²) in [6, 6.07) is 17.8. The third-order valence-corrected chi connectivity index (χ3v) is 3.74. The first-order chi connectivity index (χ1) is 13.0. The zero-order valence-electron chi connectivity index (χ0n) is 14.9. The number of benzene rings is 2. The van der Waals surface area contributed by atoms with Gasteiger partial charge in [0.2, 0.25) is 11.8 Å². The zero-order chi connectivity index (χ0) is 19.5. The van der Waals surface area contributed by atoms with E-state index in [1.54, 1.807) is 48.5 Å².